The van der Waals surface area contributed by atoms with Gasteiger partial charge in [-0.05, 0) is 67.3 Å². The molecule has 2 aromatic rings. The summed E-state index contributed by atoms with van der Waals surface area (Å²) in [6.07, 6.45) is 19.2. The van der Waals surface area contributed by atoms with Gasteiger partial charge in [0.2, 0.25) is 0 Å². The Hall–Kier alpha value is -2.75. The Morgan fingerprint density at radius 2 is 1.59 bits per heavy atom. The SMILES string of the molecule is CCCC[C@]1(C)C(C)=CC=CN1C(C=O)(Cc1ccncc1)Cc1ccncc1. The monoisotopic (exact) mass is 389 g/mol. The van der Waals surface area contributed by atoms with Crippen molar-refractivity contribution in [2.75, 3.05) is 0 Å². The van der Waals surface area contributed by atoms with Gasteiger partial charge in [0.1, 0.15) is 11.8 Å². The molecule has 4 heteroatoms. The quantitative estimate of drug-likeness (QED) is 0.571. The fourth-order valence-electron chi connectivity index (χ4n) is 4.37. The Kier molecular flexibility index (Phi) is 6.63. The Balaban J connectivity index is 2.08. The van der Waals surface area contributed by atoms with Crippen molar-refractivity contribution in [2.45, 2.75) is 64.0 Å². The predicted molar refractivity (Wildman–Crippen MR) is 117 cm³/mol. The summed E-state index contributed by atoms with van der Waals surface area (Å²) in [7, 11) is 0. The van der Waals surface area contributed by atoms with Gasteiger partial charge in [-0.25, -0.2) is 0 Å². The van der Waals surface area contributed by atoms with E-state index in [2.05, 4.69) is 54.0 Å². The Labute approximate surface area is 174 Å². The Morgan fingerprint density at radius 3 is 2.07 bits per heavy atom. The molecule has 0 spiro atoms. The summed E-state index contributed by atoms with van der Waals surface area (Å²) in [4.78, 5) is 23.5. The van der Waals surface area contributed by atoms with Gasteiger partial charge in [0, 0.05) is 43.8 Å². The predicted octanol–water partition coefficient (Wildman–Crippen LogP) is 4.92. The standard InChI is InChI=1S/C25H31N3O/c1-4-5-12-24(3)21(2)7-6-17-28(24)25(20-29,18-22-8-13-26-14-9-22)19-23-10-15-27-16-11-23/h6-11,13-17,20H,4-5,12,18-19H2,1-3H3/t24-/m1/s1. The molecule has 3 rings (SSSR count). The van der Waals surface area contributed by atoms with Crippen molar-refractivity contribution in [3.63, 3.8) is 0 Å². The number of carbonyl (C=O) groups excluding carboxylic acids is 1. The molecule has 0 bridgehead atoms. The molecule has 29 heavy (non-hydrogen) atoms. The fourth-order valence-corrected chi connectivity index (χ4v) is 4.37. The summed E-state index contributed by atoms with van der Waals surface area (Å²) in [6.45, 7) is 6.67. The van der Waals surface area contributed by atoms with E-state index in [0.29, 0.717) is 12.8 Å². The number of pyridine rings is 2. The van der Waals surface area contributed by atoms with E-state index in [1.807, 2.05) is 24.3 Å². The van der Waals surface area contributed by atoms with Crippen molar-refractivity contribution in [1.29, 1.82) is 0 Å². The van der Waals surface area contributed by atoms with Gasteiger partial charge in [-0.2, -0.15) is 0 Å². The average Bonchev–Trinajstić information content (AvgIpc) is 2.75. The number of aldehydes is 1. The summed E-state index contributed by atoms with van der Waals surface area (Å²) in [5, 5.41) is 0. The van der Waals surface area contributed by atoms with Crippen LogP contribution < -0.4 is 0 Å². The zero-order valence-corrected chi connectivity index (χ0v) is 17.7. The minimum Gasteiger partial charge on any atom is -0.355 e. The number of hydrogen-bond acceptors (Lipinski definition) is 4. The number of aromatic nitrogens is 2. The van der Waals surface area contributed by atoms with Gasteiger partial charge in [0.15, 0.2) is 0 Å². The van der Waals surface area contributed by atoms with Gasteiger partial charge in [-0.3, -0.25) is 9.97 Å². The maximum atomic E-state index is 12.9. The number of nitrogens with zero attached hydrogens (tertiary/aromatic N) is 3. The Bertz CT molecular complexity index is 819. The number of allylic oxidation sites excluding steroid dienone is 2. The van der Waals surface area contributed by atoms with Gasteiger partial charge < -0.3 is 9.69 Å². The molecule has 0 N–H and O–H groups in total. The third kappa shape index (κ3) is 4.47. The van der Waals surface area contributed by atoms with Gasteiger partial charge >= 0.3 is 0 Å². The van der Waals surface area contributed by atoms with E-state index >= 15 is 0 Å². The van der Waals surface area contributed by atoms with Crippen LogP contribution in [0.3, 0.4) is 0 Å². The first kappa shape index (κ1) is 21.0. The molecule has 0 amide bonds. The van der Waals surface area contributed by atoms with E-state index in [1.165, 1.54) is 5.57 Å². The first-order chi connectivity index (χ1) is 14.0. The third-order valence-electron chi connectivity index (χ3n) is 6.20. The van der Waals surface area contributed by atoms with Crippen molar-refractivity contribution in [3.8, 4) is 0 Å². The summed E-state index contributed by atoms with van der Waals surface area (Å²) >= 11 is 0. The maximum absolute atomic E-state index is 12.9. The number of unbranched alkanes of at least 4 members (excludes halogenated alkanes) is 1. The van der Waals surface area contributed by atoms with E-state index in [0.717, 1.165) is 36.7 Å². The Morgan fingerprint density at radius 1 is 1.03 bits per heavy atom. The zero-order chi connectivity index (χ0) is 20.7. The van der Waals surface area contributed by atoms with Crippen molar-refractivity contribution in [1.82, 2.24) is 14.9 Å². The second-order valence-electron chi connectivity index (χ2n) is 8.22. The van der Waals surface area contributed by atoms with Gasteiger partial charge in [0.05, 0.1) is 5.54 Å². The molecule has 152 valence electrons. The maximum Gasteiger partial charge on any atom is 0.146 e. The number of hydrogen-bond donors (Lipinski definition) is 0. The van der Waals surface area contributed by atoms with Crippen molar-refractivity contribution >= 4 is 6.29 Å². The zero-order valence-electron chi connectivity index (χ0n) is 17.7. The van der Waals surface area contributed by atoms with E-state index in [-0.39, 0.29) is 5.54 Å². The van der Waals surface area contributed by atoms with Crippen LogP contribution >= 0.6 is 0 Å². The van der Waals surface area contributed by atoms with Gasteiger partial charge in [0.25, 0.3) is 0 Å². The topological polar surface area (TPSA) is 46.1 Å². The van der Waals surface area contributed by atoms with Crippen LogP contribution in [-0.2, 0) is 17.6 Å². The molecule has 1 aliphatic rings. The average molecular weight is 390 g/mol. The molecule has 0 saturated carbocycles. The van der Waals surface area contributed by atoms with Crippen LogP contribution in [0.25, 0.3) is 0 Å². The number of carbonyl (C=O) groups is 1. The smallest absolute Gasteiger partial charge is 0.146 e. The van der Waals surface area contributed by atoms with Gasteiger partial charge in [-0.1, -0.05) is 25.8 Å². The largest absolute Gasteiger partial charge is 0.355 e. The van der Waals surface area contributed by atoms with Crippen molar-refractivity contribution < 1.29 is 4.79 Å². The lowest BCUT2D eigenvalue weighted by atomic mass is 9.76. The third-order valence-corrected chi connectivity index (χ3v) is 6.20. The molecule has 0 fully saturated rings. The molecule has 0 aliphatic carbocycles. The van der Waals surface area contributed by atoms with Crippen molar-refractivity contribution in [3.05, 3.63) is 84.1 Å². The molecule has 2 aromatic heterocycles. The molecule has 4 nitrogen and oxygen atoms in total. The minimum absolute atomic E-state index is 0.203. The van der Waals surface area contributed by atoms with E-state index in [1.54, 1.807) is 24.8 Å². The second kappa shape index (κ2) is 9.17. The van der Waals surface area contributed by atoms with Crippen LogP contribution in [0.1, 0.15) is 51.2 Å². The molecule has 3 heterocycles. The highest BCUT2D eigenvalue weighted by atomic mass is 16.1. The van der Waals surface area contributed by atoms with E-state index in [4.69, 9.17) is 0 Å². The molecule has 0 aromatic carbocycles. The molecule has 1 atom stereocenters. The highest BCUT2D eigenvalue weighted by Crippen LogP contribution is 2.40. The molecule has 0 saturated heterocycles. The van der Waals surface area contributed by atoms with Crippen LogP contribution in [0, 0.1) is 0 Å². The fraction of sp³-hybridized carbons (Fsp3) is 0.400. The van der Waals surface area contributed by atoms with Crippen LogP contribution in [-0.4, -0.2) is 32.2 Å². The van der Waals surface area contributed by atoms with Crippen LogP contribution in [0.5, 0.6) is 0 Å². The summed E-state index contributed by atoms with van der Waals surface area (Å²) in [5.41, 5.74) is 2.62. The lowest BCUT2D eigenvalue weighted by Gasteiger charge is -2.53. The van der Waals surface area contributed by atoms with Crippen LogP contribution in [0.2, 0.25) is 0 Å². The highest BCUT2D eigenvalue weighted by Gasteiger charge is 2.46. The summed E-state index contributed by atoms with van der Waals surface area (Å²) in [5.74, 6) is 0. The van der Waals surface area contributed by atoms with Crippen LogP contribution in [0.15, 0.2) is 73.0 Å². The highest BCUT2D eigenvalue weighted by molar-refractivity contribution is 5.67. The normalized spacial score (nSPS) is 19.1. The lowest BCUT2D eigenvalue weighted by molar-refractivity contribution is -0.120. The lowest BCUT2D eigenvalue weighted by Crippen LogP contribution is -2.61. The summed E-state index contributed by atoms with van der Waals surface area (Å²) < 4.78 is 0. The molecular weight excluding hydrogens is 358 g/mol. The minimum atomic E-state index is -0.697. The first-order valence-corrected chi connectivity index (χ1v) is 10.4. The van der Waals surface area contributed by atoms with Gasteiger partial charge in [-0.15, -0.1) is 0 Å². The second-order valence-corrected chi connectivity index (χ2v) is 8.22. The van der Waals surface area contributed by atoms with E-state index in [9.17, 15) is 4.79 Å². The van der Waals surface area contributed by atoms with Crippen molar-refractivity contribution in [2.24, 2.45) is 0 Å². The molecule has 0 radical (unpaired) electrons. The van der Waals surface area contributed by atoms with Crippen LogP contribution in [0.4, 0.5) is 0 Å². The van der Waals surface area contributed by atoms with E-state index < -0.39 is 5.54 Å². The summed E-state index contributed by atoms with van der Waals surface area (Å²) in [6, 6.07) is 8.02. The molecular formula is C25H31N3O. The first-order valence-electron chi connectivity index (χ1n) is 10.4. The molecule has 0 unspecified atom stereocenters. The molecule has 1 aliphatic heterocycles. The number of rotatable bonds is 9.